The number of anilines is 1. The van der Waals surface area contributed by atoms with Crippen molar-refractivity contribution < 1.29 is 13.2 Å². The van der Waals surface area contributed by atoms with Gasteiger partial charge in [0.2, 0.25) is 21.4 Å². The van der Waals surface area contributed by atoms with Crippen LogP contribution in [0.2, 0.25) is 0 Å². The Morgan fingerprint density at radius 1 is 1.07 bits per heavy atom. The van der Waals surface area contributed by atoms with Crippen LogP contribution in [0.3, 0.4) is 0 Å². The normalized spacial score (nSPS) is 14.8. The van der Waals surface area contributed by atoms with E-state index in [1.165, 1.54) is 16.6 Å². The van der Waals surface area contributed by atoms with Gasteiger partial charge in [0.25, 0.3) is 0 Å². The van der Waals surface area contributed by atoms with Crippen LogP contribution in [0, 0.1) is 0 Å². The van der Waals surface area contributed by atoms with Gasteiger partial charge >= 0.3 is 0 Å². The molecule has 3 aromatic rings. The van der Waals surface area contributed by atoms with E-state index in [0.29, 0.717) is 36.2 Å². The summed E-state index contributed by atoms with van der Waals surface area (Å²) >= 11 is 0. The van der Waals surface area contributed by atoms with Crippen molar-refractivity contribution in [2.45, 2.75) is 30.7 Å². The van der Waals surface area contributed by atoms with Crippen molar-refractivity contribution in [1.29, 1.82) is 0 Å². The quantitative estimate of drug-likeness (QED) is 0.651. The van der Waals surface area contributed by atoms with E-state index in [-0.39, 0.29) is 22.7 Å². The molecule has 4 rings (SSSR count). The van der Waals surface area contributed by atoms with E-state index in [1.807, 2.05) is 6.07 Å². The fourth-order valence-corrected chi connectivity index (χ4v) is 5.15. The first-order chi connectivity index (χ1) is 14.4. The minimum atomic E-state index is -3.54. The molecule has 2 heterocycles. The third-order valence-corrected chi connectivity index (χ3v) is 7.03. The summed E-state index contributed by atoms with van der Waals surface area (Å²) in [5.74, 6) is -0.268. The lowest BCUT2D eigenvalue weighted by molar-refractivity contribution is -0.116. The minimum Gasteiger partial charge on any atom is -0.326 e. The van der Waals surface area contributed by atoms with Crippen molar-refractivity contribution >= 4 is 32.5 Å². The van der Waals surface area contributed by atoms with E-state index < -0.39 is 10.0 Å². The van der Waals surface area contributed by atoms with Crippen molar-refractivity contribution in [2.24, 2.45) is 0 Å². The number of sulfonamides is 1. The summed E-state index contributed by atoms with van der Waals surface area (Å²) in [6.45, 7) is 1.34. The van der Waals surface area contributed by atoms with Crippen LogP contribution in [-0.2, 0) is 21.4 Å². The Labute approximate surface area is 174 Å². The number of aryl methyl sites for hydroxylation is 1. The lowest BCUT2D eigenvalue weighted by atomic mass is 10.2. The van der Waals surface area contributed by atoms with Crippen LogP contribution in [0.4, 0.5) is 5.69 Å². The Kier molecular flexibility index (Phi) is 5.65. The number of carbonyl (C=O) groups excluding carboxylic acids is 1. The zero-order valence-electron chi connectivity index (χ0n) is 16.3. The molecule has 1 saturated heterocycles. The third-order valence-electron chi connectivity index (χ3n) is 5.13. The van der Waals surface area contributed by atoms with Gasteiger partial charge in [0.15, 0.2) is 0 Å². The number of nitrogens with one attached hydrogen (secondary N) is 1. The second-order valence-corrected chi connectivity index (χ2v) is 9.12. The number of nitrogens with zero attached hydrogens (tertiary/aromatic N) is 3. The second kappa shape index (κ2) is 8.37. The van der Waals surface area contributed by atoms with Crippen molar-refractivity contribution in [3.05, 3.63) is 65.0 Å². The average Bonchev–Trinajstić information content (AvgIpc) is 3.30. The van der Waals surface area contributed by atoms with Gasteiger partial charge in [0.1, 0.15) is 0 Å². The van der Waals surface area contributed by atoms with Crippen LogP contribution in [0.25, 0.3) is 10.9 Å². The molecule has 9 heteroatoms. The lowest BCUT2D eigenvalue weighted by Gasteiger charge is -2.16. The van der Waals surface area contributed by atoms with Gasteiger partial charge in [-0.25, -0.2) is 8.42 Å². The van der Waals surface area contributed by atoms with Crippen LogP contribution < -0.4 is 10.7 Å². The molecular formula is C21H22N4O4S. The van der Waals surface area contributed by atoms with E-state index in [0.717, 1.165) is 12.8 Å². The highest BCUT2D eigenvalue weighted by Crippen LogP contribution is 2.23. The highest BCUT2D eigenvalue weighted by molar-refractivity contribution is 7.89. The molecule has 0 bridgehead atoms. The molecule has 0 unspecified atom stereocenters. The van der Waals surface area contributed by atoms with Gasteiger partial charge in [0, 0.05) is 30.6 Å². The van der Waals surface area contributed by atoms with Crippen molar-refractivity contribution in [3.8, 4) is 0 Å². The SMILES string of the molecule is O=C(CCn1ncc(=O)c2ccccc21)Nc1cccc(S(=O)(=O)N2CCCC2)c1. The number of carbonyl (C=O) groups is 1. The zero-order valence-corrected chi connectivity index (χ0v) is 17.1. The molecule has 1 aliphatic heterocycles. The lowest BCUT2D eigenvalue weighted by Crippen LogP contribution is -2.28. The van der Waals surface area contributed by atoms with Gasteiger partial charge in [-0.15, -0.1) is 0 Å². The Morgan fingerprint density at radius 3 is 2.63 bits per heavy atom. The number of hydrogen-bond donors (Lipinski definition) is 1. The fourth-order valence-electron chi connectivity index (χ4n) is 3.58. The molecule has 30 heavy (non-hydrogen) atoms. The summed E-state index contributed by atoms with van der Waals surface area (Å²) in [5.41, 5.74) is 0.928. The highest BCUT2D eigenvalue weighted by atomic mass is 32.2. The first kappa shape index (κ1) is 20.2. The maximum absolute atomic E-state index is 12.7. The van der Waals surface area contributed by atoms with Crippen molar-refractivity contribution in [1.82, 2.24) is 14.1 Å². The number of amides is 1. The topological polar surface area (TPSA) is 101 Å². The monoisotopic (exact) mass is 426 g/mol. The van der Waals surface area contributed by atoms with E-state index >= 15 is 0 Å². The highest BCUT2D eigenvalue weighted by Gasteiger charge is 2.27. The molecule has 1 amide bonds. The van der Waals surface area contributed by atoms with Crippen molar-refractivity contribution in [3.63, 3.8) is 0 Å². The molecule has 0 spiro atoms. The van der Waals surface area contributed by atoms with Gasteiger partial charge in [-0.1, -0.05) is 18.2 Å². The Bertz CT molecular complexity index is 1250. The molecule has 0 radical (unpaired) electrons. The second-order valence-electron chi connectivity index (χ2n) is 7.19. The van der Waals surface area contributed by atoms with E-state index in [2.05, 4.69) is 10.4 Å². The number of hydrogen-bond acceptors (Lipinski definition) is 5. The molecular weight excluding hydrogens is 404 g/mol. The predicted molar refractivity (Wildman–Crippen MR) is 114 cm³/mol. The minimum absolute atomic E-state index is 0.128. The molecule has 1 aliphatic rings. The first-order valence-corrected chi connectivity index (χ1v) is 11.2. The molecule has 1 N–H and O–H groups in total. The summed E-state index contributed by atoms with van der Waals surface area (Å²) in [6.07, 6.45) is 3.10. The number of aromatic nitrogens is 2. The van der Waals surface area contributed by atoms with E-state index in [9.17, 15) is 18.0 Å². The maximum atomic E-state index is 12.7. The number of rotatable bonds is 6. The number of benzene rings is 2. The van der Waals surface area contributed by atoms with Crippen LogP contribution in [-0.4, -0.2) is 41.5 Å². The summed E-state index contributed by atoms with van der Waals surface area (Å²) in [7, 11) is -3.54. The van der Waals surface area contributed by atoms with Gasteiger partial charge < -0.3 is 5.32 Å². The van der Waals surface area contributed by atoms with Gasteiger partial charge in [-0.05, 0) is 43.2 Å². The van der Waals surface area contributed by atoms with Gasteiger partial charge in [0.05, 0.1) is 23.2 Å². The molecule has 8 nitrogen and oxygen atoms in total. The van der Waals surface area contributed by atoms with E-state index in [4.69, 9.17) is 0 Å². The van der Waals surface area contributed by atoms with Crippen LogP contribution >= 0.6 is 0 Å². The summed E-state index contributed by atoms with van der Waals surface area (Å²) in [6, 6.07) is 13.4. The first-order valence-electron chi connectivity index (χ1n) is 9.80. The van der Waals surface area contributed by atoms with E-state index in [1.54, 1.807) is 41.1 Å². The summed E-state index contributed by atoms with van der Waals surface area (Å²) in [5, 5.41) is 7.41. The Morgan fingerprint density at radius 2 is 1.83 bits per heavy atom. The maximum Gasteiger partial charge on any atom is 0.243 e. The molecule has 1 aromatic heterocycles. The number of fused-ring (bicyclic) bond motifs is 1. The van der Waals surface area contributed by atoms with Crippen molar-refractivity contribution in [2.75, 3.05) is 18.4 Å². The standard InChI is InChI=1S/C21H22N4O4S/c26-20-15-22-25(19-9-2-1-8-18(19)20)13-10-21(27)23-16-6-5-7-17(14-16)30(28,29)24-11-3-4-12-24/h1-2,5-9,14-15H,3-4,10-13H2,(H,23,27). The number of para-hydroxylation sites is 1. The molecule has 156 valence electrons. The Balaban J connectivity index is 1.45. The van der Waals surface area contributed by atoms with Crippen LogP contribution in [0.1, 0.15) is 19.3 Å². The van der Waals surface area contributed by atoms with Gasteiger partial charge in [-0.2, -0.15) is 9.40 Å². The Hall–Kier alpha value is -3.04. The molecule has 0 atom stereocenters. The van der Waals surface area contributed by atoms with Gasteiger partial charge in [-0.3, -0.25) is 14.3 Å². The average molecular weight is 426 g/mol. The molecule has 2 aromatic carbocycles. The predicted octanol–water partition coefficient (Wildman–Crippen LogP) is 2.21. The molecule has 0 saturated carbocycles. The fraction of sp³-hybridized carbons (Fsp3) is 0.286. The largest absolute Gasteiger partial charge is 0.326 e. The zero-order chi connectivity index (χ0) is 21.1. The van der Waals surface area contributed by atoms with Crippen LogP contribution in [0.15, 0.2) is 64.4 Å². The summed E-state index contributed by atoms with van der Waals surface area (Å²) < 4.78 is 28.5. The van der Waals surface area contributed by atoms with Crippen LogP contribution in [0.5, 0.6) is 0 Å². The molecule has 0 aliphatic carbocycles. The third kappa shape index (κ3) is 4.12. The summed E-state index contributed by atoms with van der Waals surface area (Å²) in [4.78, 5) is 24.5. The smallest absolute Gasteiger partial charge is 0.243 e. The molecule has 1 fully saturated rings.